The third kappa shape index (κ3) is 4.73. The molecule has 1 aliphatic heterocycles. The lowest BCUT2D eigenvalue weighted by Gasteiger charge is -2.36. The molecule has 8 nitrogen and oxygen atoms in total. The van der Waals surface area contributed by atoms with E-state index in [-0.39, 0.29) is 9.90 Å². The van der Waals surface area contributed by atoms with Crippen molar-refractivity contribution < 1.29 is 8.42 Å². The third-order valence-electron chi connectivity index (χ3n) is 6.18. The van der Waals surface area contributed by atoms with E-state index in [0.29, 0.717) is 11.6 Å². The highest BCUT2D eigenvalue weighted by Gasteiger charge is 2.23. The highest BCUT2D eigenvalue weighted by molar-refractivity contribution is 7.92. The highest BCUT2D eigenvalue weighted by Crippen LogP contribution is 2.38. The Hall–Kier alpha value is -2.37. The molecular formula is C23H26ClN5O3S2. The van der Waals surface area contributed by atoms with Crippen LogP contribution in [-0.2, 0) is 10.0 Å². The lowest BCUT2D eigenvalue weighted by atomic mass is 10.2. The molecule has 0 bridgehead atoms. The fraction of sp³-hybridized carbons (Fsp3) is 0.348. The molecule has 0 unspecified atom stereocenters. The summed E-state index contributed by atoms with van der Waals surface area (Å²) < 4.78 is 29.2. The molecule has 1 saturated heterocycles. The number of nitrogens with zero attached hydrogens (tertiary/aromatic N) is 2. The first-order valence-corrected chi connectivity index (χ1v) is 14.0. The number of H-pyrrole nitrogens is 2. The number of fused-ring (bicyclic) bond motifs is 2. The predicted molar refractivity (Wildman–Crippen MR) is 139 cm³/mol. The number of nitrogens with one attached hydrogen (secondary N) is 3. The number of piperazine rings is 1. The Bertz CT molecular complexity index is 1470. The summed E-state index contributed by atoms with van der Waals surface area (Å²) in [5, 5.41) is 1.07. The maximum absolute atomic E-state index is 12.7. The molecule has 3 heterocycles. The van der Waals surface area contributed by atoms with Crippen molar-refractivity contribution in [3.8, 4) is 0 Å². The second-order valence-corrected chi connectivity index (χ2v) is 11.8. The second-order valence-electron chi connectivity index (χ2n) is 8.41. The van der Waals surface area contributed by atoms with Gasteiger partial charge in [-0.1, -0.05) is 35.9 Å². The average molecular weight is 520 g/mol. The van der Waals surface area contributed by atoms with Crippen LogP contribution in [0.5, 0.6) is 0 Å². The van der Waals surface area contributed by atoms with Crippen molar-refractivity contribution in [2.75, 3.05) is 44.2 Å². The Kier molecular flexibility index (Phi) is 6.67. The first kappa shape index (κ1) is 23.4. The van der Waals surface area contributed by atoms with Gasteiger partial charge in [0, 0.05) is 42.8 Å². The number of benzene rings is 2. The van der Waals surface area contributed by atoms with Crippen LogP contribution >= 0.6 is 22.9 Å². The smallest absolute Gasteiger partial charge is 0.323 e. The van der Waals surface area contributed by atoms with Gasteiger partial charge in [0.05, 0.1) is 21.7 Å². The Labute approximate surface area is 206 Å². The Balaban J connectivity index is 1.08. The van der Waals surface area contributed by atoms with Crippen molar-refractivity contribution in [2.24, 2.45) is 0 Å². The number of para-hydroxylation sites is 1. The molecule has 4 aromatic rings. The number of imidazole rings is 1. The van der Waals surface area contributed by atoms with Crippen molar-refractivity contribution >= 4 is 59.8 Å². The molecule has 180 valence electrons. The van der Waals surface area contributed by atoms with Gasteiger partial charge in [-0.3, -0.25) is 4.90 Å². The number of rotatable bonds is 8. The fourth-order valence-corrected chi connectivity index (χ4v) is 7.66. The van der Waals surface area contributed by atoms with Gasteiger partial charge < -0.3 is 14.9 Å². The number of hydrogen-bond donors (Lipinski definition) is 3. The lowest BCUT2D eigenvalue weighted by Crippen LogP contribution is -2.46. The maximum Gasteiger partial charge on any atom is 0.323 e. The number of sulfonamides is 1. The van der Waals surface area contributed by atoms with Crippen LogP contribution in [0.3, 0.4) is 0 Å². The number of thiophene rings is 1. The van der Waals surface area contributed by atoms with E-state index in [9.17, 15) is 13.2 Å². The summed E-state index contributed by atoms with van der Waals surface area (Å²) >= 11 is 7.53. The number of aromatic nitrogens is 2. The van der Waals surface area contributed by atoms with E-state index >= 15 is 0 Å². The van der Waals surface area contributed by atoms with Crippen LogP contribution in [0.25, 0.3) is 21.1 Å². The zero-order valence-corrected chi connectivity index (χ0v) is 20.9. The van der Waals surface area contributed by atoms with Crippen LogP contribution in [0.1, 0.15) is 12.8 Å². The van der Waals surface area contributed by atoms with Crippen LogP contribution in [-0.4, -0.2) is 62.6 Å². The van der Waals surface area contributed by atoms with E-state index < -0.39 is 10.0 Å². The van der Waals surface area contributed by atoms with Gasteiger partial charge in [0.1, 0.15) is 0 Å². The molecule has 11 heteroatoms. The average Bonchev–Trinajstić information content (AvgIpc) is 3.39. The molecule has 34 heavy (non-hydrogen) atoms. The Morgan fingerprint density at radius 1 is 1.00 bits per heavy atom. The lowest BCUT2D eigenvalue weighted by molar-refractivity contribution is 0.253. The standard InChI is InChI=1S/C23H26ClN5O3S2/c24-20-16-6-1-2-9-19(16)33-22(20)34(31,32)25-10-3-4-11-28-12-14-29(15-13-28)18-8-5-7-17-21(18)27-23(30)26-17/h1-2,5-9,25H,3-4,10-15H2,(H2,26,27,30). The molecule has 0 atom stereocenters. The van der Waals surface area contributed by atoms with Crippen LogP contribution in [0, 0.1) is 0 Å². The topological polar surface area (TPSA) is 101 Å². The van der Waals surface area contributed by atoms with E-state index in [1.807, 2.05) is 42.5 Å². The van der Waals surface area contributed by atoms with Crippen molar-refractivity contribution in [1.29, 1.82) is 0 Å². The number of halogens is 1. The molecule has 0 radical (unpaired) electrons. The van der Waals surface area contributed by atoms with Crippen molar-refractivity contribution in [1.82, 2.24) is 19.6 Å². The summed E-state index contributed by atoms with van der Waals surface area (Å²) in [7, 11) is -3.62. The first-order chi connectivity index (χ1) is 16.4. The maximum atomic E-state index is 12.7. The van der Waals surface area contributed by atoms with Gasteiger partial charge in [-0.2, -0.15) is 0 Å². The Morgan fingerprint density at radius 2 is 1.79 bits per heavy atom. The zero-order chi connectivity index (χ0) is 23.7. The molecular weight excluding hydrogens is 494 g/mol. The number of anilines is 1. The first-order valence-electron chi connectivity index (χ1n) is 11.3. The largest absolute Gasteiger partial charge is 0.367 e. The molecule has 2 aromatic carbocycles. The van der Waals surface area contributed by atoms with Crippen LogP contribution in [0.15, 0.2) is 51.5 Å². The molecule has 0 amide bonds. The van der Waals surface area contributed by atoms with Gasteiger partial charge in [-0.05, 0) is 37.6 Å². The number of aromatic amines is 2. The molecule has 0 aliphatic carbocycles. The van der Waals surface area contributed by atoms with E-state index in [1.54, 1.807) is 0 Å². The summed E-state index contributed by atoms with van der Waals surface area (Å²) in [6.07, 6.45) is 1.66. The van der Waals surface area contributed by atoms with Crippen LogP contribution in [0.2, 0.25) is 5.02 Å². The Morgan fingerprint density at radius 3 is 2.59 bits per heavy atom. The van der Waals surface area contributed by atoms with Crippen molar-refractivity contribution in [2.45, 2.75) is 17.1 Å². The van der Waals surface area contributed by atoms with E-state index in [2.05, 4.69) is 24.5 Å². The minimum atomic E-state index is -3.62. The summed E-state index contributed by atoms with van der Waals surface area (Å²) in [5.41, 5.74) is 2.53. The van der Waals surface area contributed by atoms with Gasteiger partial charge in [0.2, 0.25) is 0 Å². The number of unbranched alkanes of at least 4 members (excludes halogenated alkanes) is 1. The molecule has 1 aliphatic rings. The van der Waals surface area contributed by atoms with E-state index in [4.69, 9.17) is 11.6 Å². The molecule has 3 N–H and O–H groups in total. The number of hydrogen-bond acceptors (Lipinski definition) is 6. The minimum Gasteiger partial charge on any atom is -0.367 e. The molecule has 2 aromatic heterocycles. The SMILES string of the molecule is O=c1[nH]c2cccc(N3CCN(CCCCNS(=O)(=O)c4sc5ccccc5c4Cl)CC3)c2[nH]1. The van der Waals surface area contributed by atoms with Gasteiger partial charge in [0.25, 0.3) is 10.0 Å². The van der Waals surface area contributed by atoms with Gasteiger partial charge in [-0.25, -0.2) is 17.9 Å². The summed E-state index contributed by atoms with van der Waals surface area (Å²) in [5.74, 6) is 0. The molecule has 0 saturated carbocycles. The quantitative estimate of drug-likeness (QED) is 0.309. The van der Waals surface area contributed by atoms with Gasteiger partial charge in [-0.15, -0.1) is 11.3 Å². The minimum absolute atomic E-state index is 0.185. The van der Waals surface area contributed by atoms with Crippen molar-refractivity contribution in [3.05, 3.63) is 58.0 Å². The summed E-state index contributed by atoms with van der Waals surface area (Å²) in [4.78, 5) is 22.1. The van der Waals surface area contributed by atoms with Gasteiger partial charge in [0.15, 0.2) is 4.21 Å². The molecule has 1 fully saturated rings. The predicted octanol–water partition coefficient (Wildman–Crippen LogP) is 3.61. The van der Waals surface area contributed by atoms with Gasteiger partial charge >= 0.3 is 5.69 Å². The van der Waals surface area contributed by atoms with E-state index in [0.717, 1.165) is 72.4 Å². The molecule has 5 rings (SSSR count). The molecule has 0 spiro atoms. The van der Waals surface area contributed by atoms with E-state index in [1.165, 1.54) is 11.3 Å². The van der Waals surface area contributed by atoms with Crippen molar-refractivity contribution in [3.63, 3.8) is 0 Å². The highest BCUT2D eigenvalue weighted by atomic mass is 35.5. The van der Waals surface area contributed by atoms with Crippen LogP contribution in [0.4, 0.5) is 5.69 Å². The summed E-state index contributed by atoms with van der Waals surface area (Å²) in [6, 6.07) is 13.3. The summed E-state index contributed by atoms with van der Waals surface area (Å²) in [6.45, 7) is 4.91. The van der Waals surface area contributed by atoms with Crippen LogP contribution < -0.4 is 15.3 Å². The monoisotopic (exact) mass is 519 g/mol. The fourth-order valence-electron chi connectivity index (χ4n) is 4.42. The second kappa shape index (κ2) is 9.71. The third-order valence-corrected chi connectivity index (χ3v) is 9.95. The normalized spacial score (nSPS) is 15.5. The zero-order valence-electron chi connectivity index (χ0n) is 18.5.